The van der Waals surface area contributed by atoms with Crippen LogP contribution in [-0.2, 0) is 4.79 Å². The van der Waals surface area contributed by atoms with E-state index < -0.39 is 0 Å². The van der Waals surface area contributed by atoms with Crippen LogP contribution in [0.3, 0.4) is 0 Å². The number of amidine groups is 1. The first-order valence-corrected chi connectivity index (χ1v) is 11.0. The number of aliphatic imine (C=N–C) groups is 1. The summed E-state index contributed by atoms with van der Waals surface area (Å²) >= 11 is 13.8. The molecular formula is C21H21Cl2N3O2S. The number of carbonyl (C=O) groups excluding carboxylic acids is 2. The van der Waals surface area contributed by atoms with E-state index in [9.17, 15) is 9.59 Å². The van der Waals surface area contributed by atoms with E-state index in [-0.39, 0.29) is 24.8 Å². The third kappa shape index (κ3) is 5.75. The zero-order valence-electron chi connectivity index (χ0n) is 16.0. The van der Waals surface area contributed by atoms with E-state index in [0.717, 1.165) is 23.4 Å². The van der Waals surface area contributed by atoms with Crippen molar-refractivity contribution in [2.75, 3.05) is 18.8 Å². The van der Waals surface area contributed by atoms with Crippen LogP contribution in [0.5, 0.6) is 0 Å². The van der Waals surface area contributed by atoms with E-state index in [1.54, 1.807) is 47.0 Å². The minimum atomic E-state index is -0.292. The molecule has 0 atom stereocenters. The van der Waals surface area contributed by atoms with E-state index >= 15 is 0 Å². The second kappa shape index (κ2) is 10.1. The monoisotopic (exact) mass is 449 g/mol. The van der Waals surface area contributed by atoms with Crippen LogP contribution >= 0.6 is 35.0 Å². The van der Waals surface area contributed by atoms with Gasteiger partial charge in [0.2, 0.25) is 5.91 Å². The third-order valence-electron chi connectivity index (χ3n) is 4.41. The summed E-state index contributed by atoms with van der Waals surface area (Å²) in [5, 5.41) is 4.45. The molecule has 2 aromatic rings. The number of benzene rings is 2. The average molecular weight is 450 g/mol. The number of hydrogen-bond donors (Lipinski definition) is 1. The van der Waals surface area contributed by atoms with Gasteiger partial charge in [-0.15, -0.1) is 0 Å². The first-order valence-electron chi connectivity index (χ1n) is 9.26. The lowest BCUT2D eigenvalue weighted by molar-refractivity contribution is -0.127. The lowest BCUT2D eigenvalue weighted by Gasteiger charge is -2.28. The van der Waals surface area contributed by atoms with Crippen molar-refractivity contribution in [1.29, 1.82) is 0 Å². The molecule has 0 spiro atoms. The minimum absolute atomic E-state index is 0.0754. The van der Waals surface area contributed by atoms with Gasteiger partial charge in [0.15, 0.2) is 5.17 Å². The highest BCUT2D eigenvalue weighted by Gasteiger charge is 2.23. The summed E-state index contributed by atoms with van der Waals surface area (Å²) in [5.74, 6) is 0.541. The van der Waals surface area contributed by atoms with Crippen molar-refractivity contribution in [2.45, 2.75) is 19.8 Å². The van der Waals surface area contributed by atoms with E-state index in [1.165, 1.54) is 0 Å². The summed E-state index contributed by atoms with van der Waals surface area (Å²) in [6.07, 6.45) is 1.08. The molecule has 2 amide bonds. The predicted molar refractivity (Wildman–Crippen MR) is 120 cm³/mol. The van der Waals surface area contributed by atoms with Crippen LogP contribution in [-0.4, -0.2) is 40.7 Å². The molecule has 5 nitrogen and oxygen atoms in total. The Hall–Kier alpha value is -2.02. The zero-order chi connectivity index (χ0) is 20.8. The Labute approximate surface area is 184 Å². The van der Waals surface area contributed by atoms with E-state index in [0.29, 0.717) is 27.3 Å². The highest BCUT2D eigenvalue weighted by atomic mass is 35.5. The Morgan fingerprint density at radius 3 is 2.72 bits per heavy atom. The lowest BCUT2D eigenvalue weighted by Crippen LogP contribution is -2.40. The van der Waals surface area contributed by atoms with Crippen LogP contribution in [0.4, 0.5) is 5.69 Å². The van der Waals surface area contributed by atoms with Gasteiger partial charge in [-0.2, -0.15) is 0 Å². The molecule has 152 valence electrons. The second-order valence-corrected chi connectivity index (χ2v) is 8.44. The molecule has 0 saturated carbocycles. The van der Waals surface area contributed by atoms with Crippen molar-refractivity contribution in [3.63, 3.8) is 0 Å². The molecule has 8 heteroatoms. The molecule has 1 aliphatic heterocycles. The van der Waals surface area contributed by atoms with Gasteiger partial charge in [0.1, 0.15) is 0 Å². The van der Waals surface area contributed by atoms with Gasteiger partial charge in [-0.25, -0.2) is 4.99 Å². The molecule has 1 fully saturated rings. The molecular weight excluding hydrogens is 429 g/mol. The summed E-state index contributed by atoms with van der Waals surface area (Å²) in [5.41, 5.74) is 2.09. The predicted octanol–water partition coefficient (Wildman–Crippen LogP) is 5.07. The normalized spacial score (nSPS) is 15.4. The van der Waals surface area contributed by atoms with Crippen molar-refractivity contribution in [2.24, 2.45) is 4.99 Å². The molecule has 2 aromatic carbocycles. The molecule has 1 saturated heterocycles. The number of halogens is 2. The summed E-state index contributed by atoms with van der Waals surface area (Å²) in [7, 11) is 0. The van der Waals surface area contributed by atoms with Gasteiger partial charge in [-0.3, -0.25) is 14.5 Å². The van der Waals surface area contributed by atoms with Crippen LogP contribution in [0.2, 0.25) is 10.0 Å². The number of rotatable bonds is 5. The SMILES string of the molecule is Cc1ccc(N=C2SCCCN2C(=O)CCNC(=O)c2ccccc2Cl)cc1Cl. The maximum Gasteiger partial charge on any atom is 0.252 e. The third-order valence-corrected chi connectivity index (χ3v) is 6.21. The Morgan fingerprint density at radius 2 is 1.97 bits per heavy atom. The highest BCUT2D eigenvalue weighted by molar-refractivity contribution is 8.13. The quantitative estimate of drug-likeness (QED) is 0.692. The standard InChI is InChI=1S/C21H21Cl2N3O2S/c1-14-7-8-15(13-18(14)23)25-21-26(11-4-12-29-21)19(27)9-10-24-20(28)16-5-2-3-6-17(16)22/h2-3,5-8,13H,4,9-12H2,1H3,(H,24,28). The largest absolute Gasteiger partial charge is 0.351 e. The number of nitrogens with zero attached hydrogens (tertiary/aromatic N) is 2. The van der Waals surface area contributed by atoms with Gasteiger partial charge in [0, 0.05) is 30.3 Å². The molecule has 0 unspecified atom stereocenters. The summed E-state index contributed by atoms with van der Waals surface area (Å²) in [6.45, 7) is 2.78. The Kier molecular flexibility index (Phi) is 7.58. The topological polar surface area (TPSA) is 61.8 Å². The average Bonchev–Trinajstić information content (AvgIpc) is 2.71. The molecule has 0 aromatic heterocycles. The van der Waals surface area contributed by atoms with Crippen LogP contribution in [0, 0.1) is 6.92 Å². The van der Waals surface area contributed by atoms with Crippen molar-refractivity contribution < 1.29 is 9.59 Å². The fraction of sp³-hybridized carbons (Fsp3) is 0.286. The molecule has 0 bridgehead atoms. The highest BCUT2D eigenvalue weighted by Crippen LogP contribution is 2.26. The Bertz CT molecular complexity index is 949. The molecule has 0 radical (unpaired) electrons. The minimum Gasteiger partial charge on any atom is -0.351 e. The molecule has 3 rings (SSSR count). The van der Waals surface area contributed by atoms with E-state index in [1.807, 2.05) is 19.1 Å². The number of aryl methyl sites for hydroxylation is 1. The fourth-order valence-electron chi connectivity index (χ4n) is 2.80. The summed E-state index contributed by atoms with van der Waals surface area (Å²) in [4.78, 5) is 31.3. The Morgan fingerprint density at radius 1 is 1.17 bits per heavy atom. The molecule has 1 heterocycles. The van der Waals surface area contributed by atoms with E-state index in [2.05, 4.69) is 10.3 Å². The van der Waals surface area contributed by atoms with Gasteiger partial charge in [-0.05, 0) is 43.2 Å². The van der Waals surface area contributed by atoms with Gasteiger partial charge < -0.3 is 5.32 Å². The van der Waals surface area contributed by atoms with Crippen LogP contribution in [0.15, 0.2) is 47.5 Å². The van der Waals surface area contributed by atoms with Crippen LogP contribution < -0.4 is 5.32 Å². The molecule has 0 aliphatic carbocycles. The molecule has 1 N–H and O–H groups in total. The van der Waals surface area contributed by atoms with Crippen molar-refractivity contribution in [3.8, 4) is 0 Å². The number of hydrogen-bond acceptors (Lipinski definition) is 4. The molecule has 1 aliphatic rings. The maximum atomic E-state index is 12.7. The number of carbonyl (C=O) groups is 2. The van der Waals surface area contributed by atoms with E-state index in [4.69, 9.17) is 23.2 Å². The van der Waals surface area contributed by atoms with Crippen molar-refractivity contribution >= 4 is 57.6 Å². The summed E-state index contributed by atoms with van der Waals surface area (Å²) < 4.78 is 0. The lowest BCUT2D eigenvalue weighted by atomic mass is 10.2. The first-order chi connectivity index (χ1) is 14.0. The number of nitrogens with one attached hydrogen (secondary N) is 1. The van der Waals surface area contributed by atoms with Crippen molar-refractivity contribution in [1.82, 2.24) is 10.2 Å². The number of amides is 2. The summed E-state index contributed by atoms with van der Waals surface area (Å²) in [6, 6.07) is 12.4. The smallest absolute Gasteiger partial charge is 0.252 e. The number of thioether (sulfide) groups is 1. The van der Waals surface area contributed by atoms with Gasteiger partial charge in [0.25, 0.3) is 5.91 Å². The van der Waals surface area contributed by atoms with Crippen LogP contribution in [0.25, 0.3) is 0 Å². The Balaban J connectivity index is 1.62. The zero-order valence-corrected chi connectivity index (χ0v) is 18.3. The maximum absolute atomic E-state index is 12.7. The van der Waals surface area contributed by atoms with Crippen molar-refractivity contribution in [3.05, 3.63) is 63.6 Å². The van der Waals surface area contributed by atoms with Gasteiger partial charge >= 0.3 is 0 Å². The van der Waals surface area contributed by atoms with Gasteiger partial charge in [-0.1, -0.05) is 53.2 Å². The molecule has 29 heavy (non-hydrogen) atoms. The fourth-order valence-corrected chi connectivity index (χ4v) is 4.18. The van der Waals surface area contributed by atoms with Crippen LogP contribution in [0.1, 0.15) is 28.8 Å². The second-order valence-electron chi connectivity index (χ2n) is 6.56. The first kappa shape index (κ1) is 21.7. The van der Waals surface area contributed by atoms with Gasteiger partial charge in [0.05, 0.1) is 16.3 Å².